The molecular formula is C21H26BrNO4. The summed E-state index contributed by atoms with van der Waals surface area (Å²) >= 11 is 3.47. The van der Waals surface area contributed by atoms with Gasteiger partial charge in [-0.3, -0.25) is 4.79 Å². The SMILES string of the molecule is COc1ccc(CCNC(=O)COc2ccc(Br)cc2C(C)C)cc1OC. The van der Waals surface area contributed by atoms with Gasteiger partial charge in [-0.25, -0.2) is 0 Å². The smallest absolute Gasteiger partial charge is 0.257 e. The third-order valence-corrected chi connectivity index (χ3v) is 4.63. The normalized spacial score (nSPS) is 10.6. The first-order valence-corrected chi connectivity index (χ1v) is 9.63. The quantitative estimate of drug-likeness (QED) is 0.636. The lowest BCUT2D eigenvalue weighted by Gasteiger charge is -2.14. The Morgan fingerprint density at radius 1 is 1.04 bits per heavy atom. The van der Waals surface area contributed by atoms with Gasteiger partial charge < -0.3 is 19.5 Å². The molecule has 5 nitrogen and oxygen atoms in total. The van der Waals surface area contributed by atoms with E-state index in [1.54, 1.807) is 14.2 Å². The number of nitrogens with one attached hydrogen (secondary N) is 1. The van der Waals surface area contributed by atoms with Crippen molar-refractivity contribution in [2.24, 2.45) is 0 Å². The fourth-order valence-electron chi connectivity index (χ4n) is 2.68. The van der Waals surface area contributed by atoms with Crippen LogP contribution in [-0.2, 0) is 11.2 Å². The third-order valence-electron chi connectivity index (χ3n) is 4.14. The van der Waals surface area contributed by atoms with Gasteiger partial charge in [-0.05, 0) is 53.8 Å². The molecular weight excluding hydrogens is 410 g/mol. The zero-order chi connectivity index (χ0) is 19.8. The summed E-state index contributed by atoms with van der Waals surface area (Å²) in [6.07, 6.45) is 0.696. The Balaban J connectivity index is 1.84. The Labute approximate surface area is 169 Å². The molecule has 1 amide bonds. The number of hydrogen-bond donors (Lipinski definition) is 1. The molecule has 6 heteroatoms. The molecule has 146 valence electrons. The molecule has 0 aliphatic carbocycles. The van der Waals surface area contributed by atoms with Crippen LogP contribution < -0.4 is 19.5 Å². The van der Waals surface area contributed by atoms with Crippen LogP contribution in [0, 0.1) is 0 Å². The van der Waals surface area contributed by atoms with E-state index in [0.717, 1.165) is 21.3 Å². The molecule has 0 aromatic heterocycles. The van der Waals surface area contributed by atoms with Crippen molar-refractivity contribution in [2.45, 2.75) is 26.2 Å². The van der Waals surface area contributed by atoms with Crippen molar-refractivity contribution in [1.29, 1.82) is 0 Å². The molecule has 2 aromatic carbocycles. The minimum atomic E-state index is -0.145. The van der Waals surface area contributed by atoms with Gasteiger partial charge in [0.05, 0.1) is 14.2 Å². The first-order chi connectivity index (χ1) is 12.9. The van der Waals surface area contributed by atoms with Crippen LogP contribution in [0.5, 0.6) is 17.2 Å². The van der Waals surface area contributed by atoms with Gasteiger partial charge >= 0.3 is 0 Å². The lowest BCUT2D eigenvalue weighted by atomic mass is 10.0. The Hall–Kier alpha value is -2.21. The minimum absolute atomic E-state index is 0.00666. The van der Waals surface area contributed by atoms with Crippen molar-refractivity contribution >= 4 is 21.8 Å². The van der Waals surface area contributed by atoms with E-state index in [4.69, 9.17) is 14.2 Å². The van der Waals surface area contributed by atoms with Crippen molar-refractivity contribution in [1.82, 2.24) is 5.32 Å². The molecule has 0 saturated carbocycles. The Bertz CT molecular complexity index is 777. The Kier molecular flexibility index (Phi) is 7.98. The Morgan fingerprint density at radius 2 is 1.74 bits per heavy atom. The molecule has 2 rings (SSSR count). The average Bonchev–Trinajstić information content (AvgIpc) is 2.66. The van der Waals surface area contributed by atoms with E-state index in [9.17, 15) is 4.79 Å². The van der Waals surface area contributed by atoms with Crippen LogP contribution in [0.15, 0.2) is 40.9 Å². The molecule has 2 aromatic rings. The Morgan fingerprint density at radius 3 is 2.41 bits per heavy atom. The second-order valence-electron chi connectivity index (χ2n) is 6.41. The summed E-state index contributed by atoms with van der Waals surface area (Å²) in [5.74, 6) is 2.28. The second kappa shape index (κ2) is 10.2. The molecule has 27 heavy (non-hydrogen) atoms. The van der Waals surface area contributed by atoms with E-state index in [0.29, 0.717) is 30.4 Å². The van der Waals surface area contributed by atoms with E-state index in [2.05, 4.69) is 35.1 Å². The van der Waals surface area contributed by atoms with Crippen LogP contribution in [0.1, 0.15) is 30.9 Å². The van der Waals surface area contributed by atoms with Gasteiger partial charge in [0.25, 0.3) is 5.91 Å². The second-order valence-corrected chi connectivity index (χ2v) is 7.33. The zero-order valence-electron chi connectivity index (χ0n) is 16.2. The summed E-state index contributed by atoms with van der Waals surface area (Å²) in [5, 5.41) is 2.88. The number of rotatable bonds is 9. The van der Waals surface area contributed by atoms with E-state index in [-0.39, 0.29) is 12.5 Å². The third kappa shape index (κ3) is 6.17. The van der Waals surface area contributed by atoms with Crippen LogP contribution >= 0.6 is 15.9 Å². The van der Waals surface area contributed by atoms with Crippen molar-refractivity contribution in [3.8, 4) is 17.2 Å². The van der Waals surface area contributed by atoms with Gasteiger partial charge in [-0.1, -0.05) is 35.8 Å². The van der Waals surface area contributed by atoms with Crippen LogP contribution in [0.3, 0.4) is 0 Å². The van der Waals surface area contributed by atoms with Crippen LogP contribution in [-0.4, -0.2) is 33.3 Å². The van der Waals surface area contributed by atoms with Crippen LogP contribution in [0.25, 0.3) is 0 Å². The molecule has 0 fully saturated rings. The van der Waals surface area contributed by atoms with Crippen molar-refractivity contribution in [3.05, 3.63) is 52.0 Å². The number of ether oxygens (including phenoxy) is 3. The maximum atomic E-state index is 12.1. The van der Waals surface area contributed by atoms with Gasteiger partial charge in [-0.2, -0.15) is 0 Å². The summed E-state index contributed by atoms with van der Waals surface area (Å²) < 4.78 is 17.2. The molecule has 0 aliphatic rings. The number of halogens is 1. The fourth-order valence-corrected chi connectivity index (χ4v) is 3.06. The van der Waals surface area contributed by atoms with Crippen LogP contribution in [0.4, 0.5) is 0 Å². The number of carbonyl (C=O) groups excluding carboxylic acids is 1. The predicted octanol–water partition coefficient (Wildman–Crippen LogP) is 4.33. The standard InChI is InChI=1S/C21H26BrNO4/c1-14(2)17-12-16(22)6-8-18(17)27-13-21(24)23-10-9-15-5-7-19(25-3)20(11-15)26-4/h5-8,11-12,14H,9-10,13H2,1-4H3,(H,23,24). The molecule has 0 saturated heterocycles. The molecule has 0 atom stereocenters. The highest BCUT2D eigenvalue weighted by molar-refractivity contribution is 9.10. The molecule has 0 aliphatic heterocycles. The van der Waals surface area contributed by atoms with Crippen molar-refractivity contribution in [3.63, 3.8) is 0 Å². The van der Waals surface area contributed by atoms with Gasteiger partial charge in [0.2, 0.25) is 0 Å². The molecule has 0 heterocycles. The van der Waals surface area contributed by atoms with Gasteiger partial charge in [-0.15, -0.1) is 0 Å². The van der Waals surface area contributed by atoms with Crippen LogP contribution in [0.2, 0.25) is 0 Å². The summed E-state index contributed by atoms with van der Waals surface area (Å²) in [4.78, 5) is 12.1. The van der Waals surface area contributed by atoms with E-state index in [1.807, 2.05) is 36.4 Å². The summed E-state index contributed by atoms with van der Waals surface area (Å²) in [7, 11) is 3.21. The highest BCUT2D eigenvalue weighted by Gasteiger charge is 2.11. The zero-order valence-corrected chi connectivity index (χ0v) is 17.8. The number of carbonyl (C=O) groups is 1. The first-order valence-electron chi connectivity index (χ1n) is 8.84. The monoisotopic (exact) mass is 435 g/mol. The van der Waals surface area contributed by atoms with Crippen molar-refractivity contribution < 1.29 is 19.0 Å². The maximum Gasteiger partial charge on any atom is 0.257 e. The number of benzene rings is 2. The molecule has 1 N–H and O–H groups in total. The molecule has 0 bridgehead atoms. The maximum absolute atomic E-state index is 12.1. The number of amides is 1. The summed E-state index contributed by atoms with van der Waals surface area (Å²) in [6, 6.07) is 11.6. The van der Waals surface area contributed by atoms with Gasteiger partial charge in [0, 0.05) is 11.0 Å². The summed E-state index contributed by atoms with van der Waals surface area (Å²) in [6.45, 7) is 4.71. The lowest BCUT2D eigenvalue weighted by Crippen LogP contribution is -2.30. The van der Waals surface area contributed by atoms with E-state index in [1.165, 1.54) is 0 Å². The molecule has 0 spiro atoms. The highest BCUT2D eigenvalue weighted by atomic mass is 79.9. The van der Waals surface area contributed by atoms with Crippen molar-refractivity contribution in [2.75, 3.05) is 27.4 Å². The predicted molar refractivity (Wildman–Crippen MR) is 110 cm³/mol. The number of hydrogen-bond acceptors (Lipinski definition) is 4. The molecule has 0 radical (unpaired) electrons. The van der Waals surface area contributed by atoms with Gasteiger partial charge in [0.15, 0.2) is 18.1 Å². The number of methoxy groups -OCH3 is 2. The summed E-state index contributed by atoms with van der Waals surface area (Å²) in [5.41, 5.74) is 2.13. The average molecular weight is 436 g/mol. The highest BCUT2D eigenvalue weighted by Crippen LogP contribution is 2.29. The topological polar surface area (TPSA) is 56.8 Å². The van der Waals surface area contributed by atoms with E-state index >= 15 is 0 Å². The van der Waals surface area contributed by atoms with E-state index < -0.39 is 0 Å². The van der Waals surface area contributed by atoms with Gasteiger partial charge in [0.1, 0.15) is 5.75 Å². The molecule has 0 unspecified atom stereocenters. The minimum Gasteiger partial charge on any atom is -0.493 e. The lowest BCUT2D eigenvalue weighted by molar-refractivity contribution is -0.123. The fraction of sp³-hybridized carbons (Fsp3) is 0.381. The largest absolute Gasteiger partial charge is 0.493 e. The first kappa shape index (κ1) is 21.1.